The van der Waals surface area contributed by atoms with Gasteiger partial charge in [-0.1, -0.05) is 42.7 Å². The van der Waals surface area contributed by atoms with E-state index >= 15 is 0 Å². The molecule has 2 fully saturated rings. The van der Waals surface area contributed by atoms with Gasteiger partial charge in [0.25, 0.3) is 0 Å². The number of rotatable bonds is 10. The fourth-order valence-electron chi connectivity index (χ4n) is 7.63. The van der Waals surface area contributed by atoms with Crippen LogP contribution in [0.3, 0.4) is 0 Å². The summed E-state index contributed by atoms with van der Waals surface area (Å²) in [7, 11) is 0. The standard InChI is InChI=1S/C37H41F4NO.2H2/c1-23(4-6-26-11-17-30(18-12-26)43-37(39,40)41)3-5-25-7-9-27(10-8-25)21-33-32-20-19-31(32)24(2)36-34(33)22-35(42-36)28-13-15-29(38)16-14-28;;/h11-18,22,25,27,31-32,42H,1,3-10,19-21H2,2H3;2*1H. The number of allylic oxidation sites excluding steroid dienone is 1. The maximum atomic E-state index is 13.5. The molecule has 0 saturated heterocycles. The molecule has 3 aromatic rings. The molecule has 1 heterocycles. The number of hydrogen-bond acceptors (Lipinski definition) is 1. The maximum Gasteiger partial charge on any atom is 0.573 e. The van der Waals surface area contributed by atoms with Crippen LogP contribution in [0.15, 0.2) is 66.7 Å². The molecule has 0 aliphatic heterocycles. The monoisotopic (exact) mass is 595 g/mol. The molecular weight excluding hydrogens is 550 g/mol. The number of nitrogens with one attached hydrogen (secondary N) is 1. The summed E-state index contributed by atoms with van der Waals surface area (Å²) in [6, 6.07) is 15.3. The molecule has 0 amide bonds. The van der Waals surface area contributed by atoms with Crippen LogP contribution in [0.5, 0.6) is 5.75 Å². The van der Waals surface area contributed by atoms with Gasteiger partial charge < -0.3 is 9.72 Å². The van der Waals surface area contributed by atoms with Crippen LogP contribution in [0.25, 0.3) is 22.4 Å². The van der Waals surface area contributed by atoms with Crippen molar-refractivity contribution in [1.82, 2.24) is 4.98 Å². The highest BCUT2D eigenvalue weighted by Crippen LogP contribution is 2.48. The molecule has 2 atom stereocenters. The van der Waals surface area contributed by atoms with Crippen molar-refractivity contribution in [2.75, 3.05) is 0 Å². The number of alkyl halides is 3. The maximum absolute atomic E-state index is 13.5. The van der Waals surface area contributed by atoms with Crippen molar-refractivity contribution in [3.05, 3.63) is 88.7 Å². The quantitative estimate of drug-likeness (QED) is 0.183. The van der Waals surface area contributed by atoms with Gasteiger partial charge in [-0.05, 0) is 153 Å². The second-order valence-electron chi connectivity index (χ2n) is 13.0. The summed E-state index contributed by atoms with van der Waals surface area (Å²) in [6.45, 7) is 6.58. The summed E-state index contributed by atoms with van der Waals surface area (Å²) in [5.74, 6) is 2.42. The first-order chi connectivity index (χ1) is 20.6. The summed E-state index contributed by atoms with van der Waals surface area (Å²) in [6.07, 6.45) is 7.99. The first-order valence-corrected chi connectivity index (χ1v) is 15.8. The highest BCUT2D eigenvalue weighted by atomic mass is 19.4. The Morgan fingerprint density at radius 1 is 0.907 bits per heavy atom. The van der Waals surface area contributed by atoms with Gasteiger partial charge in [0.15, 0.2) is 0 Å². The first kappa shape index (κ1) is 29.8. The summed E-state index contributed by atoms with van der Waals surface area (Å²) in [5, 5.41) is 2.70. The van der Waals surface area contributed by atoms with E-state index in [0.717, 1.165) is 47.9 Å². The van der Waals surface area contributed by atoms with Crippen LogP contribution in [0.4, 0.5) is 17.6 Å². The zero-order chi connectivity index (χ0) is 30.1. The Kier molecular flexibility index (Phi) is 8.57. The van der Waals surface area contributed by atoms with Gasteiger partial charge in [-0.15, -0.1) is 13.2 Å². The molecule has 2 saturated carbocycles. The molecule has 0 bridgehead atoms. The van der Waals surface area contributed by atoms with E-state index in [9.17, 15) is 17.6 Å². The van der Waals surface area contributed by atoms with Gasteiger partial charge in [-0.25, -0.2) is 4.39 Å². The number of aromatic amines is 1. The van der Waals surface area contributed by atoms with Crippen molar-refractivity contribution in [2.24, 2.45) is 23.7 Å². The van der Waals surface area contributed by atoms with Gasteiger partial charge in [0.1, 0.15) is 11.6 Å². The lowest BCUT2D eigenvalue weighted by atomic mass is 9.62. The number of benzene rings is 2. The van der Waals surface area contributed by atoms with Crippen molar-refractivity contribution < 1.29 is 25.2 Å². The molecule has 3 aliphatic rings. The third kappa shape index (κ3) is 6.94. The normalized spacial score (nSPS) is 23.4. The Hall–Kier alpha value is -3.28. The van der Waals surface area contributed by atoms with Crippen LogP contribution >= 0.6 is 0 Å². The molecule has 6 rings (SSSR count). The van der Waals surface area contributed by atoms with Crippen molar-refractivity contribution in [3.63, 3.8) is 0 Å². The van der Waals surface area contributed by atoms with Gasteiger partial charge in [-0.3, -0.25) is 0 Å². The average Bonchev–Trinajstić information content (AvgIpc) is 3.40. The number of hydrogen-bond donors (Lipinski definition) is 1. The molecule has 232 valence electrons. The lowest BCUT2D eigenvalue weighted by Gasteiger charge is -2.42. The Morgan fingerprint density at radius 2 is 1.58 bits per heavy atom. The highest BCUT2D eigenvalue weighted by molar-refractivity contribution is 5.67. The minimum atomic E-state index is -4.66. The Morgan fingerprint density at radius 3 is 2.23 bits per heavy atom. The van der Waals surface area contributed by atoms with Crippen molar-refractivity contribution >= 4 is 11.1 Å². The van der Waals surface area contributed by atoms with Gasteiger partial charge in [-0.2, -0.15) is 0 Å². The number of H-pyrrole nitrogens is 1. The lowest BCUT2D eigenvalue weighted by molar-refractivity contribution is -0.274. The second-order valence-corrected chi connectivity index (χ2v) is 13.0. The first-order valence-electron chi connectivity index (χ1n) is 15.8. The summed E-state index contributed by atoms with van der Waals surface area (Å²) in [5.41, 5.74) is 7.46. The molecule has 0 spiro atoms. The van der Waals surface area contributed by atoms with Crippen molar-refractivity contribution in [1.29, 1.82) is 0 Å². The largest absolute Gasteiger partial charge is 0.573 e. The highest BCUT2D eigenvalue weighted by Gasteiger charge is 2.39. The van der Waals surface area contributed by atoms with E-state index in [1.807, 2.05) is 12.1 Å². The topological polar surface area (TPSA) is 25.0 Å². The number of aryl methyl sites for hydroxylation is 1. The van der Waals surface area contributed by atoms with Gasteiger partial charge in [0.2, 0.25) is 0 Å². The van der Waals surface area contributed by atoms with Crippen LogP contribution in [0, 0.1) is 29.5 Å². The van der Waals surface area contributed by atoms with Gasteiger partial charge >= 0.3 is 6.36 Å². The molecule has 3 aliphatic carbocycles. The van der Waals surface area contributed by atoms with Gasteiger partial charge in [0, 0.05) is 13.9 Å². The third-order valence-electron chi connectivity index (χ3n) is 10.3. The van der Waals surface area contributed by atoms with Gasteiger partial charge in [0.05, 0.1) is 0 Å². The molecule has 43 heavy (non-hydrogen) atoms. The summed E-state index contributed by atoms with van der Waals surface area (Å²) >= 11 is 0. The van der Waals surface area contributed by atoms with Crippen LogP contribution < -0.4 is 15.3 Å². The lowest BCUT2D eigenvalue weighted by Crippen LogP contribution is -2.43. The summed E-state index contributed by atoms with van der Waals surface area (Å²) in [4.78, 5) is 3.70. The zero-order valence-electron chi connectivity index (χ0n) is 24.9. The predicted molar refractivity (Wildman–Crippen MR) is 168 cm³/mol. The molecule has 2 nitrogen and oxygen atoms in total. The van der Waals surface area contributed by atoms with E-state index in [1.54, 1.807) is 17.7 Å². The molecule has 0 radical (unpaired) electrons. The number of fused-ring (bicyclic) bond motifs is 2. The number of halogens is 4. The van der Waals surface area contributed by atoms with Crippen molar-refractivity contribution in [2.45, 2.75) is 83.9 Å². The average molecular weight is 596 g/mol. The zero-order valence-corrected chi connectivity index (χ0v) is 24.9. The predicted octanol–water partition coefficient (Wildman–Crippen LogP) is 9.74. The molecule has 1 N–H and O–H groups in total. The summed E-state index contributed by atoms with van der Waals surface area (Å²) < 4.78 is 54.6. The SMILES string of the molecule is C=C(CCc1ccc(OC(F)(F)F)cc1)CCC1CCC(CC2=c3cc(-c4ccc(F)cc4)[nH]c3=C(C)C3CCC23)CC1.[HH].[HH]. The fraction of sp³-hybridized carbons (Fsp3) is 0.459. The molecule has 1 aromatic heterocycles. The van der Waals surface area contributed by atoms with E-state index in [4.69, 9.17) is 0 Å². The van der Waals surface area contributed by atoms with E-state index in [2.05, 4.69) is 29.3 Å². The fourth-order valence-corrected chi connectivity index (χ4v) is 7.63. The Bertz CT molecular complexity index is 1570. The molecule has 2 aromatic carbocycles. The number of ether oxygens (including phenoxy) is 1. The number of aromatic nitrogens is 1. The molecule has 6 heteroatoms. The van der Waals surface area contributed by atoms with Crippen LogP contribution in [-0.4, -0.2) is 11.3 Å². The Balaban J connectivity index is 0.00000230. The van der Waals surface area contributed by atoms with Crippen LogP contribution in [0.1, 0.15) is 79.5 Å². The second kappa shape index (κ2) is 12.4. The smallest absolute Gasteiger partial charge is 0.406 e. The van der Waals surface area contributed by atoms with E-state index in [-0.39, 0.29) is 14.4 Å². The van der Waals surface area contributed by atoms with Crippen LogP contribution in [0.2, 0.25) is 0 Å². The van der Waals surface area contributed by atoms with E-state index in [0.29, 0.717) is 11.8 Å². The molecular formula is C37H45F4NO. The van der Waals surface area contributed by atoms with Crippen LogP contribution in [-0.2, 0) is 6.42 Å². The minimum Gasteiger partial charge on any atom is -0.406 e. The van der Waals surface area contributed by atoms with Crippen molar-refractivity contribution in [3.8, 4) is 17.0 Å². The minimum absolute atomic E-state index is 0. The third-order valence-corrected chi connectivity index (χ3v) is 10.3. The molecule has 2 unspecified atom stereocenters. The Labute approximate surface area is 254 Å². The van der Waals surface area contributed by atoms with E-state index < -0.39 is 6.36 Å². The van der Waals surface area contributed by atoms with E-state index in [1.165, 1.54) is 97.3 Å².